The number of aryl methyl sites for hydroxylation is 1. The number of anilines is 1. The lowest BCUT2D eigenvalue weighted by Gasteiger charge is -2.26. The zero-order valence-electron chi connectivity index (χ0n) is 17.3. The third-order valence-electron chi connectivity index (χ3n) is 5.09. The molecule has 1 aliphatic rings. The Morgan fingerprint density at radius 1 is 1.10 bits per heavy atom. The van der Waals surface area contributed by atoms with Gasteiger partial charge in [-0.25, -0.2) is 8.42 Å². The van der Waals surface area contributed by atoms with Crippen molar-refractivity contribution in [2.45, 2.75) is 37.5 Å². The summed E-state index contributed by atoms with van der Waals surface area (Å²) in [6.45, 7) is 2.28. The quantitative estimate of drug-likeness (QED) is 0.632. The molecule has 3 rings (SSSR count). The average molecular weight is 465 g/mol. The van der Waals surface area contributed by atoms with Gasteiger partial charge in [0.15, 0.2) is 6.61 Å². The van der Waals surface area contributed by atoms with E-state index in [1.54, 1.807) is 43.3 Å². The molecule has 2 aromatic carbocycles. The standard InChI is InChI=1S/C22H25ClN2O5S/c1-16-9-10-18(31(28,29)25-11-5-2-6-12-25)14-20(16)24-21(26)15-30-22(27)13-17-7-3-4-8-19(17)23/h3-4,7-10,14H,2,5-6,11-13,15H2,1H3,(H,24,26). The molecule has 1 saturated heterocycles. The molecule has 31 heavy (non-hydrogen) atoms. The summed E-state index contributed by atoms with van der Waals surface area (Å²) >= 11 is 6.02. The summed E-state index contributed by atoms with van der Waals surface area (Å²) in [7, 11) is -3.62. The van der Waals surface area contributed by atoms with E-state index in [1.165, 1.54) is 10.4 Å². The molecule has 7 nitrogen and oxygen atoms in total. The Morgan fingerprint density at radius 2 is 1.81 bits per heavy atom. The first-order chi connectivity index (χ1) is 14.8. The Kier molecular flexibility index (Phi) is 7.69. The van der Waals surface area contributed by atoms with Gasteiger partial charge >= 0.3 is 5.97 Å². The van der Waals surface area contributed by atoms with Crippen LogP contribution in [-0.2, 0) is 30.8 Å². The fourth-order valence-corrected chi connectivity index (χ4v) is 5.08. The predicted molar refractivity (Wildman–Crippen MR) is 119 cm³/mol. The number of piperidine rings is 1. The van der Waals surface area contributed by atoms with Crippen molar-refractivity contribution in [1.82, 2.24) is 4.31 Å². The van der Waals surface area contributed by atoms with E-state index in [1.807, 2.05) is 0 Å². The van der Waals surface area contributed by atoms with Gasteiger partial charge in [0.25, 0.3) is 5.91 Å². The minimum absolute atomic E-state index is 0.0461. The van der Waals surface area contributed by atoms with E-state index >= 15 is 0 Å². The lowest BCUT2D eigenvalue weighted by molar-refractivity contribution is -0.146. The van der Waals surface area contributed by atoms with Crippen LogP contribution in [0.15, 0.2) is 47.4 Å². The number of nitrogens with zero attached hydrogens (tertiary/aromatic N) is 1. The van der Waals surface area contributed by atoms with Crippen molar-refractivity contribution in [3.63, 3.8) is 0 Å². The molecule has 0 atom stereocenters. The summed E-state index contributed by atoms with van der Waals surface area (Å²) in [6, 6.07) is 11.5. The van der Waals surface area contributed by atoms with Crippen LogP contribution in [0.4, 0.5) is 5.69 Å². The highest BCUT2D eigenvalue weighted by Crippen LogP contribution is 2.25. The summed E-state index contributed by atoms with van der Waals surface area (Å²) in [5.74, 6) is -1.13. The van der Waals surface area contributed by atoms with Crippen molar-refractivity contribution >= 4 is 39.2 Å². The van der Waals surface area contributed by atoms with Crippen molar-refractivity contribution < 1.29 is 22.7 Å². The molecule has 0 bridgehead atoms. The van der Waals surface area contributed by atoms with Crippen molar-refractivity contribution in [1.29, 1.82) is 0 Å². The number of ether oxygens (including phenoxy) is 1. The Labute approximate surface area is 187 Å². The Morgan fingerprint density at radius 3 is 2.52 bits per heavy atom. The van der Waals surface area contributed by atoms with Crippen LogP contribution >= 0.6 is 11.6 Å². The minimum Gasteiger partial charge on any atom is -0.455 e. The van der Waals surface area contributed by atoms with Gasteiger partial charge in [0.2, 0.25) is 10.0 Å². The van der Waals surface area contributed by atoms with Gasteiger partial charge in [-0.1, -0.05) is 42.3 Å². The lowest BCUT2D eigenvalue weighted by atomic mass is 10.1. The first-order valence-electron chi connectivity index (χ1n) is 10.1. The van der Waals surface area contributed by atoms with E-state index in [0.29, 0.717) is 34.9 Å². The maximum absolute atomic E-state index is 12.9. The first-order valence-corrected chi connectivity index (χ1v) is 11.9. The second kappa shape index (κ2) is 10.3. The number of amides is 1. The van der Waals surface area contributed by atoms with Crippen molar-refractivity contribution in [3.8, 4) is 0 Å². The first kappa shape index (κ1) is 23.2. The van der Waals surface area contributed by atoms with Crippen molar-refractivity contribution in [3.05, 3.63) is 58.6 Å². The summed E-state index contributed by atoms with van der Waals surface area (Å²) < 4.78 is 32.3. The smallest absolute Gasteiger partial charge is 0.310 e. The van der Waals surface area contributed by atoms with Gasteiger partial charge in [0.1, 0.15) is 0 Å². The van der Waals surface area contributed by atoms with Gasteiger partial charge in [-0.2, -0.15) is 4.31 Å². The van der Waals surface area contributed by atoms with Crippen LogP contribution in [0.25, 0.3) is 0 Å². The Bertz CT molecular complexity index is 1070. The molecule has 1 aliphatic heterocycles. The highest BCUT2D eigenvalue weighted by atomic mass is 35.5. The number of carbonyl (C=O) groups excluding carboxylic acids is 2. The van der Waals surface area contributed by atoms with Crippen LogP contribution in [0.1, 0.15) is 30.4 Å². The molecule has 0 aliphatic carbocycles. The number of hydrogen-bond acceptors (Lipinski definition) is 5. The Balaban J connectivity index is 1.61. The third kappa shape index (κ3) is 6.06. The molecule has 1 N–H and O–H groups in total. The largest absolute Gasteiger partial charge is 0.455 e. The number of halogens is 1. The number of sulfonamides is 1. The average Bonchev–Trinajstić information content (AvgIpc) is 2.76. The molecule has 166 valence electrons. The van der Waals surface area contributed by atoms with Crippen LogP contribution in [0.2, 0.25) is 5.02 Å². The number of carbonyl (C=O) groups is 2. The van der Waals surface area contributed by atoms with Gasteiger partial charge in [0.05, 0.1) is 11.3 Å². The van der Waals surface area contributed by atoms with Crippen molar-refractivity contribution in [2.75, 3.05) is 25.0 Å². The maximum Gasteiger partial charge on any atom is 0.310 e. The number of nitrogens with one attached hydrogen (secondary N) is 1. The summed E-state index contributed by atoms with van der Waals surface area (Å²) in [5, 5.41) is 3.08. The van der Waals surface area contributed by atoms with Crippen molar-refractivity contribution in [2.24, 2.45) is 0 Å². The lowest BCUT2D eigenvalue weighted by Crippen LogP contribution is -2.35. The minimum atomic E-state index is -3.62. The molecule has 0 saturated carbocycles. The fraction of sp³-hybridized carbons (Fsp3) is 0.364. The third-order valence-corrected chi connectivity index (χ3v) is 7.36. The van der Waals surface area contributed by atoms with Gasteiger partial charge in [-0.15, -0.1) is 0 Å². The van der Waals surface area contributed by atoms with Crippen LogP contribution in [-0.4, -0.2) is 44.3 Å². The zero-order chi connectivity index (χ0) is 22.4. The molecule has 1 amide bonds. The second-order valence-corrected chi connectivity index (χ2v) is 9.76. The normalized spacial score (nSPS) is 14.8. The molecule has 0 spiro atoms. The van der Waals surface area contributed by atoms with Crippen LogP contribution in [0.5, 0.6) is 0 Å². The van der Waals surface area contributed by atoms with E-state index in [0.717, 1.165) is 19.3 Å². The van der Waals surface area contributed by atoms with E-state index < -0.39 is 28.5 Å². The summed E-state index contributed by atoms with van der Waals surface area (Å²) in [4.78, 5) is 24.4. The van der Waals surface area contributed by atoms with Crippen LogP contribution in [0.3, 0.4) is 0 Å². The maximum atomic E-state index is 12.9. The SMILES string of the molecule is Cc1ccc(S(=O)(=O)N2CCCCC2)cc1NC(=O)COC(=O)Cc1ccccc1Cl. The number of rotatable bonds is 7. The molecular weight excluding hydrogens is 440 g/mol. The molecular formula is C22H25ClN2O5S. The molecule has 1 heterocycles. The van der Waals surface area contributed by atoms with Gasteiger partial charge in [0, 0.05) is 23.8 Å². The molecule has 0 unspecified atom stereocenters. The molecule has 0 radical (unpaired) electrons. The second-order valence-electron chi connectivity index (χ2n) is 7.42. The monoisotopic (exact) mass is 464 g/mol. The van der Waals surface area contributed by atoms with E-state index in [2.05, 4.69) is 5.32 Å². The van der Waals surface area contributed by atoms with Gasteiger partial charge in [-0.3, -0.25) is 9.59 Å². The molecule has 1 fully saturated rings. The molecule has 2 aromatic rings. The highest BCUT2D eigenvalue weighted by molar-refractivity contribution is 7.89. The molecule has 9 heteroatoms. The summed E-state index contributed by atoms with van der Waals surface area (Å²) in [6.07, 6.45) is 2.66. The zero-order valence-corrected chi connectivity index (χ0v) is 18.8. The highest BCUT2D eigenvalue weighted by Gasteiger charge is 2.26. The predicted octanol–water partition coefficient (Wildman–Crippen LogP) is 3.55. The van der Waals surface area contributed by atoms with Gasteiger partial charge < -0.3 is 10.1 Å². The summed E-state index contributed by atoms with van der Waals surface area (Å²) in [5.41, 5.74) is 1.68. The number of esters is 1. The van der Waals surface area contributed by atoms with Crippen LogP contribution in [0, 0.1) is 6.92 Å². The van der Waals surface area contributed by atoms with E-state index in [9.17, 15) is 18.0 Å². The van der Waals surface area contributed by atoms with E-state index in [-0.39, 0.29) is 11.3 Å². The molecule has 0 aromatic heterocycles. The Hall–Kier alpha value is -2.42. The van der Waals surface area contributed by atoms with Gasteiger partial charge in [-0.05, 0) is 49.1 Å². The topological polar surface area (TPSA) is 92.8 Å². The van der Waals surface area contributed by atoms with Crippen LogP contribution < -0.4 is 5.32 Å². The fourth-order valence-electron chi connectivity index (χ4n) is 3.33. The number of hydrogen-bond donors (Lipinski definition) is 1. The van der Waals surface area contributed by atoms with E-state index in [4.69, 9.17) is 16.3 Å². The number of benzene rings is 2.